The highest BCUT2D eigenvalue weighted by molar-refractivity contribution is 6.36. The van der Waals surface area contributed by atoms with Gasteiger partial charge in [0.1, 0.15) is 17.7 Å². The summed E-state index contributed by atoms with van der Waals surface area (Å²) in [6, 6.07) is 8.01. The van der Waals surface area contributed by atoms with E-state index in [9.17, 15) is 4.39 Å². The van der Waals surface area contributed by atoms with E-state index in [1.165, 1.54) is 12.4 Å². The maximum Gasteiger partial charge on any atom is 0.153 e. The van der Waals surface area contributed by atoms with E-state index in [0.717, 1.165) is 24.3 Å². The Morgan fingerprint density at radius 3 is 2.68 bits per heavy atom. The van der Waals surface area contributed by atoms with E-state index in [-0.39, 0.29) is 0 Å². The second kappa shape index (κ2) is 7.62. The smallest absolute Gasteiger partial charge is 0.153 e. The summed E-state index contributed by atoms with van der Waals surface area (Å²) < 4.78 is 16.1. The van der Waals surface area contributed by atoms with Crippen molar-refractivity contribution in [3.63, 3.8) is 0 Å². The lowest BCUT2D eigenvalue weighted by Crippen LogP contribution is -2.54. The van der Waals surface area contributed by atoms with Crippen molar-refractivity contribution >= 4 is 50.6 Å². The molecular weight excluding hydrogens is 417 g/mol. The van der Waals surface area contributed by atoms with Crippen LogP contribution in [0, 0.1) is 5.82 Å². The van der Waals surface area contributed by atoms with Gasteiger partial charge >= 0.3 is 0 Å². The SMILES string of the molecule is C[C@@H]1CN(c2cc(Cl)c3c(Nc4cc(F)c5nn(C)cc5c4)ncnc3c2)C[C@H](C)N1. The Bertz CT molecular complexity index is 1280. The first-order chi connectivity index (χ1) is 14.9. The number of hydrogen-bond acceptors (Lipinski definition) is 6. The number of halogens is 2. The van der Waals surface area contributed by atoms with Crippen molar-refractivity contribution in [2.75, 3.05) is 23.3 Å². The van der Waals surface area contributed by atoms with Crippen molar-refractivity contribution in [3.05, 3.63) is 47.6 Å². The molecule has 1 saturated heterocycles. The Hall–Kier alpha value is -2.97. The monoisotopic (exact) mass is 439 g/mol. The molecule has 2 aromatic carbocycles. The molecule has 1 aliphatic rings. The number of piperazine rings is 1. The quantitative estimate of drug-likeness (QED) is 0.497. The van der Waals surface area contributed by atoms with Crippen LogP contribution in [0.15, 0.2) is 36.8 Å². The van der Waals surface area contributed by atoms with Gasteiger partial charge in [0.15, 0.2) is 5.82 Å². The molecule has 160 valence electrons. The molecule has 0 radical (unpaired) electrons. The summed E-state index contributed by atoms with van der Waals surface area (Å²) in [7, 11) is 1.77. The molecule has 31 heavy (non-hydrogen) atoms. The molecular formula is C22H23ClFN7. The second-order valence-corrected chi connectivity index (χ2v) is 8.65. The molecule has 0 amide bonds. The molecule has 0 aliphatic carbocycles. The molecule has 3 heterocycles. The fourth-order valence-electron chi connectivity index (χ4n) is 4.36. The van der Waals surface area contributed by atoms with E-state index in [0.29, 0.717) is 44.9 Å². The first kappa shape index (κ1) is 20.0. The number of nitrogens with zero attached hydrogens (tertiary/aromatic N) is 5. The summed E-state index contributed by atoms with van der Waals surface area (Å²) in [5.41, 5.74) is 2.68. The van der Waals surface area contributed by atoms with Gasteiger partial charge in [-0.15, -0.1) is 0 Å². The minimum absolute atomic E-state index is 0.336. The Morgan fingerprint density at radius 1 is 1.13 bits per heavy atom. The van der Waals surface area contributed by atoms with Gasteiger partial charge in [0, 0.05) is 55.2 Å². The third-order valence-electron chi connectivity index (χ3n) is 5.54. The minimum Gasteiger partial charge on any atom is -0.368 e. The first-order valence-corrected chi connectivity index (χ1v) is 10.6. The van der Waals surface area contributed by atoms with E-state index < -0.39 is 5.82 Å². The summed E-state index contributed by atoms with van der Waals surface area (Å²) in [5, 5.41) is 12.9. The number of aryl methyl sites for hydroxylation is 1. The highest BCUT2D eigenvalue weighted by Gasteiger charge is 2.22. The van der Waals surface area contributed by atoms with Crippen LogP contribution in [-0.2, 0) is 7.05 Å². The topological polar surface area (TPSA) is 70.9 Å². The predicted octanol–water partition coefficient (Wildman–Crippen LogP) is 4.24. The zero-order chi connectivity index (χ0) is 21.7. The average molecular weight is 440 g/mol. The van der Waals surface area contributed by atoms with Gasteiger partial charge in [0.2, 0.25) is 0 Å². The molecule has 0 saturated carbocycles. The van der Waals surface area contributed by atoms with Crippen LogP contribution in [0.4, 0.5) is 21.6 Å². The fourth-order valence-corrected chi connectivity index (χ4v) is 4.66. The van der Waals surface area contributed by atoms with Crippen LogP contribution in [-0.4, -0.2) is 44.9 Å². The molecule has 9 heteroatoms. The normalized spacial score (nSPS) is 19.3. The number of rotatable bonds is 3. The van der Waals surface area contributed by atoms with Crippen molar-refractivity contribution in [1.29, 1.82) is 0 Å². The van der Waals surface area contributed by atoms with E-state index >= 15 is 0 Å². The Morgan fingerprint density at radius 2 is 1.90 bits per heavy atom. The van der Waals surface area contributed by atoms with Gasteiger partial charge in [-0.05, 0) is 38.1 Å². The third kappa shape index (κ3) is 3.77. The molecule has 2 aromatic heterocycles. The van der Waals surface area contributed by atoms with Gasteiger partial charge in [-0.3, -0.25) is 4.68 Å². The molecule has 5 rings (SSSR count). The lowest BCUT2D eigenvalue weighted by atomic mass is 10.1. The van der Waals surface area contributed by atoms with Gasteiger partial charge in [0.25, 0.3) is 0 Å². The first-order valence-electron chi connectivity index (χ1n) is 10.2. The lowest BCUT2D eigenvalue weighted by molar-refractivity contribution is 0.407. The number of hydrogen-bond donors (Lipinski definition) is 2. The zero-order valence-corrected chi connectivity index (χ0v) is 18.3. The average Bonchev–Trinajstić information content (AvgIpc) is 3.08. The van der Waals surface area contributed by atoms with Crippen molar-refractivity contribution in [2.45, 2.75) is 25.9 Å². The number of fused-ring (bicyclic) bond motifs is 2. The highest BCUT2D eigenvalue weighted by Crippen LogP contribution is 2.35. The number of benzene rings is 2. The van der Waals surface area contributed by atoms with Gasteiger partial charge in [-0.1, -0.05) is 11.6 Å². The third-order valence-corrected chi connectivity index (χ3v) is 5.83. The zero-order valence-electron chi connectivity index (χ0n) is 17.5. The molecule has 1 fully saturated rings. The molecule has 0 unspecified atom stereocenters. The number of nitrogens with one attached hydrogen (secondary N) is 2. The summed E-state index contributed by atoms with van der Waals surface area (Å²) >= 11 is 6.71. The number of anilines is 3. The Kier molecular flexibility index (Phi) is 4.91. The molecule has 0 bridgehead atoms. The van der Waals surface area contributed by atoms with E-state index in [1.807, 2.05) is 18.2 Å². The second-order valence-electron chi connectivity index (χ2n) is 8.24. The van der Waals surface area contributed by atoms with Gasteiger partial charge in [-0.25, -0.2) is 14.4 Å². The van der Waals surface area contributed by atoms with Crippen LogP contribution in [0.5, 0.6) is 0 Å². The van der Waals surface area contributed by atoms with Crippen LogP contribution in [0.25, 0.3) is 21.8 Å². The van der Waals surface area contributed by atoms with Crippen LogP contribution in [0.1, 0.15) is 13.8 Å². The van der Waals surface area contributed by atoms with Gasteiger partial charge < -0.3 is 15.5 Å². The van der Waals surface area contributed by atoms with Crippen molar-refractivity contribution in [3.8, 4) is 0 Å². The van der Waals surface area contributed by atoms with Crippen molar-refractivity contribution in [2.24, 2.45) is 7.05 Å². The van der Waals surface area contributed by atoms with E-state index in [2.05, 4.69) is 44.4 Å². The van der Waals surface area contributed by atoms with Gasteiger partial charge in [0.05, 0.1) is 15.9 Å². The largest absolute Gasteiger partial charge is 0.368 e. The van der Waals surface area contributed by atoms with Gasteiger partial charge in [-0.2, -0.15) is 5.10 Å². The van der Waals surface area contributed by atoms with E-state index in [1.54, 1.807) is 17.9 Å². The molecule has 2 atom stereocenters. The fraction of sp³-hybridized carbons (Fsp3) is 0.318. The summed E-state index contributed by atoms with van der Waals surface area (Å²) in [6.07, 6.45) is 3.27. The maximum atomic E-state index is 14.5. The Labute approximate surface area is 184 Å². The molecule has 7 nitrogen and oxygen atoms in total. The van der Waals surface area contributed by atoms with Crippen LogP contribution in [0.2, 0.25) is 5.02 Å². The lowest BCUT2D eigenvalue weighted by Gasteiger charge is -2.37. The summed E-state index contributed by atoms with van der Waals surface area (Å²) in [6.45, 7) is 6.14. The Balaban J connectivity index is 1.53. The van der Waals surface area contributed by atoms with Crippen LogP contribution < -0.4 is 15.5 Å². The molecule has 0 spiro atoms. The highest BCUT2D eigenvalue weighted by atomic mass is 35.5. The van der Waals surface area contributed by atoms with E-state index in [4.69, 9.17) is 11.6 Å². The van der Waals surface area contributed by atoms with Crippen molar-refractivity contribution < 1.29 is 4.39 Å². The van der Waals surface area contributed by atoms with Crippen LogP contribution in [0.3, 0.4) is 0 Å². The maximum absolute atomic E-state index is 14.5. The minimum atomic E-state index is -0.394. The summed E-state index contributed by atoms with van der Waals surface area (Å²) in [4.78, 5) is 11.1. The predicted molar refractivity (Wildman–Crippen MR) is 123 cm³/mol. The summed E-state index contributed by atoms with van der Waals surface area (Å²) in [5.74, 6) is 0.139. The molecule has 2 N–H and O–H groups in total. The number of aromatic nitrogens is 4. The molecule has 4 aromatic rings. The molecule has 1 aliphatic heterocycles. The van der Waals surface area contributed by atoms with Crippen molar-refractivity contribution in [1.82, 2.24) is 25.1 Å². The standard InChI is InChI=1S/C22H23ClFN7/c1-12-8-31(9-13(2)27-12)16-6-17(23)20-19(7-16)25-11-26-22(20)28-15-4-14-10-30(3)29-21(14)18(24)5-15/h4-7,10-13,27H,8-9H2,1-3H3,(H,25,26,28)/t12-,13+. The van der Waals surface area contributed by atoms with Crippen LogP contribution >= 0.6 is 11.6 Å².